The van der Waals surface area contributed by atoms with Crippen LogP contribution in [-0.2, 0) is 19.6 Å². The Kier molecular flexibility index (Phi) is 9.96. The molecule has 1 heterocycles. The number of ketones is 1. The number of carbonyl (C=O) groups excluding carboxylic acids is 1. The highest BCUT2D eigenvalue weighted by molar-refractivity contribution is 6.09. The van der Waals surface area contributed by atoms with Gasteiger partial charge in [-0.15, -0.1) is 5.10 Å². The fourth-order valence-corrected chi connectivity index (χ4v) is 5.35. The molecule has 48 heavy (non-hydrogen) atoms. The van der Waals surface area contributed by atoms with Gasteiger partial charge in [-0.2, -0.15) is 4.98 Å². The van der Waals surface area contributed by atoms with Crippen molar-refractivity contribution in [1.82, 2.24) is 14.8 Å². The quantitative estimate of drug-likeness (QED) is 0.122. The molecule has 1 aromatic heterocycles. The summed E-state index contributed by atoms with van der Waals surface area (Å²) in [6.07, 6.45) is 0. The van der Waals surface area contributed by atoms with E-state index in [2.05, 4.69) is 34.5 Å². The normalized spacial score (nSPS) is 10.7. The zero-order valence-corrected chi connectivity index (χ0v) is 27.2. The van der Waals surface area contributed by atoms with Gasteiger partial charge in [-0.25, -0.2) is 4.68 Å². The predicted molar refractivity (Wildman–Crippen MR) is 188 cm³/mol. The molecule has 9 heteroatoms. The monoisotopic (exact) mass is 639 g/mol. The first-order valence-electron chi connectivity index (χ1n) is 15.6. The molecule has 1 N–H and O–H groups in total. The first kappa shape index (κ1) is 31.9. The maximum absolute atomic E-state index is 13.2. The number of methoxy groups -OCH3 is 3. The second-order valence-electron chi connectivity index (χ2n) is 11.2. The van der Waals surface area contributed by atoms with Crippen molar-refractivity contribution >= 4 is 23.4 Å². The summed E-state index contributed by atoms with van der Waals surface area (Å²) in [5.74, 6) is 3.41. The van der Waals surface area contributed by atoms with E-state index in [9.17, 15) is 4.79 Å². The van der Waals surface area contributed by atoms with E-state index in [0.29, 0.717) is 48.3 Å². The van der Waals surface area contributed by atoms with Crippen LogP contribution < -0.4 is 24.4 Å². The molecule has 5 aromatic carbocycles. The minimum atomic E-state index is -0.0527. The number of nitrogens with zero attached hydrogens (tertiary/aromatic N) is 4. The lowest BCUT2D eigenvalue weighted by Crippen LogP contribution is -2.26. The topological polar surface area (TPSA) is 90.7 Å². The molecule has 0 fully saturated rings. The maximum Gasteiger partial charge on any atom is 0.248 e. The second kappa shape index (κ2) is 15.0. The van der Waals surface area contributed by atoms with Crippen molar-refractivity contribution in [1.29, 1.82) is 0 Å². The Morgan fingerprint density at radius 1 is 0.646 bits per heavy atom. The summed E-state index contributed by atoms with van der Waals surface area (Å²) < 4.78 is 18.1. The SMILES string of the molecule is COc1ccc(CN(Cc2ccc(OC)cc2)c2nc(Nc3cccc(C(=O)c4ccccc4)c3)nn2Cc2ccc(OC)cc2)cc1. The van der Waals surface area contributed by atoms with E-state index in [0.717, 1.165) is 33.9 Å². The number of nitrogens with one attached hydrogen (secondary N) is 1. The van der Waals surface area contributed by atoms with Crippen LogP contribution in [0.5, 0.6) is 17.2 Å². The van der Waals surface area contributed by atoms with Gasteiger partial charge < -0.3 is 24.4 Å². The highest BCUT2D eigenvalue weighted by Crippen LogP contribution is 2.26. The molecule has 0 amide bonds. The van der Waals surface area contributed by atoms with Crippen molar-refractivity contribution in [2.75, 3.05) is 31.5 Å². The van der Waals surface area contributed by atoms with Crippen LogP contribution in [0.3, 0.4) is 0 Å². The van der Waals surface area contributed by atoms with Crippen LogP contribution in [0, 0.1) is 0 Å². The fourth-order valence-electron chi connectivity index (χ4n) is 5.35. The Balaban J connectivity index is 1.36. The van der Waals surface area contributed by atoms with Gasteiger partial charge in [0.25, 0.3) is 0 Å². The molecule has 0 unspecified atom stereocenters. The molecule has 9 nitrogen and oxygen atoms in total. The Bertz CT molecular complexity index is 1890. The van der Waals surface area contributed by atoms with Gasteiger partial charge in [-0.1, -0.05) is 78.9 Å². The summed E-state index contributed by atoms with van der Waals surface area (Å²) in [7, 11) is 4.98. The summed E-state index contributed by atoms with van der Waals surface area (Å²) in [4.78, 5) is 20.4. The van der Waals surface area contributed by atoms with Crippen molar-refractivity contribution in [3.63, 3.8) is 0 Å². The molecule has 6 rings (SSSR count). The molecule has 0 saturated heterocycles. The van der Waals surface area contributed by atoms with Crippen LogP contribution in [0.1, 0.15) is 32.6 Å². The van der Waals surface area contributed by atoms with Gasteiger partial charge in [0.1, 0.15) is 17.2 Å². The van der Waals surface area contributed by atoms with E-state index in [1.165, 1.54) is 0 Å². The lowest BCUT2D eigenvalue weighted by Gasteiger charge is -2.24. The third kappa shape index (κ3) is 7.82. The smallest absolute Gasteiger partial charge is 0.248 e. The first-order chi connectivity index (χ1) is 23.5. The van der Waals surface area contributed by atoms with E-state index in [1.54, 1.807) is 21.3 Å². The van der Waals surface area contributed by atoms with Crippen molar-refractivity contribution in [2.24, 2.45) is 0 Å². The van der Waals surface area contributed by atoms with E-state index in [1.807, 2.05) is 108 Å². The molecule has 0 saturated carbocycles. The Morgan fingerprint density at radius 3 is 1.71 bits per heavy atom. The largest absolute Gasteiger partial charge is 0.497 e. The van der Waals surface area contributed by atoms with Gasteiger partial charge in [0.15, 0.2) is 5.78 Å². The average Bonchev–Trinajstić information content (AvgIpc) is 3.53. The van der Waals surface area contributed by atoms with Crippen LogP contribution in [0.15, 0.2) is 127 Å². The number of benzene rings is 5. The fraction of sp³-hybridized carbons (Fsp3) is 0.154. The minimum Gasteiger partial charge on any atom is -0.497 e. The zero-order chi connectivity index (χ0) is 33.3. The summed E-state index contributed by atoms with van der Waals surface area (Å²) in [5, 5.41) is 8.28. The predicted octanol–water partition coefficient (Wildman–Crippen LogP) is 7.53. The van der Waals surface area contributed by atoms with Crippen molar-refractivity contribution in [2.45, 2.75) is 19.6 Å². The molecule has 0 radical (unpaired) electrons. The molecule has 242 valence electrons. The van der Waals surface area contributed by atoms with E-state index >= 15 is 0 Å². The van der Waals surface area contributed by atoms with Crippen LogP contribution in [0.25, 0.3) is 0 Å². The van der Waals surface area contributed by atoms with Crippen LogP contribution in [-0.4, -0.2) is 41.9 Å². The Morgan fingerprint density at radius 2 is 1.17 bits per heavy atom. The average molecular weight is 640 g/mol. The van der Waals surface area contributed by atoms with Gasteiger partial charge in [-0.3, -0.25) is 4.79 Å². The number of ether oxygens (including phenoxy) is 3. The Hall–Kier alpha value is -6.09. The zero-order valence-electron chi connectivity index (χ0n) is 27.2. The summed E-state index contributed by atoms with van der Waals surface area (Å²) in [6, 6.07) is 40.6. The lowest BCUT2D eigenvalue weighted by atomic mass is 10.0. The highest BCUT2D eigenvalue weighted by atomic mass is 16.5. The summed E-state index contributed by atoms with van der Waals surface area (Å²) in [6.45, 7) is 1.61. The van der Waals surface area contributed by atoms with Gasteiger partial charge in [-0.05, 0) is 65.2 Å². The van der Waals surface area contributed by atoms with Crippen LogP contribution in [0.2, 0.25) is 0 Å². The standard InChI is InChI=1S/C39H37N5O4/c1-46-34-18-12-28(13-19-34)25-43(26-29-14-20-35(47-2)21-15-29)39-41-38(42-44(39)27-30-16-22-36(48-3)23-17-30)40-33-11-7-10-32(24-33)37(45)31-8-5-4-6-9-31/h4-24H,25-27H2,1-3H3,(H,40,42). The molecule has 0 aliphatic heterocycles. The Labute approximate surface area is 280 Å². The van der Waals surface area contributed by atoms with Crippen LogP contribution >= 0.6 is 0 Å². The summed E-state index contributed by atoms with van der Waals surface area (Å²) >= 11 is 0. The maximum atomic E-state index is 13.2. The number of hydrogen-bond donors (Lipinski definition) is 1. The molecule has 0 aliphatic carbocycles. The second-order valence-corrected chi connectivity index (χ2v) is 11.2. The van der Waals surface area contributed by atoms with E-state index in [4.69, 9.17) is 24.3 Å². The lowest BCUT2D eigenvalue weighted by molar-refractivity contribution is 0.103. The summed E-state index contributed by atoms with van der Waals surface area (Å²) in [5.41, 5.74) is 5.13. The third-order valence-electron chi connectivity index (χ3n) is 7.91. The molecule has 0 spiro atoms. The number of anilines is 3. The number of hydrogen-bond acceptors (Lipinski definition) is 8. The minimum absolute atomic E-state index is 0.0527. The van der Waals surface area contributed by atoms with Crippen molar-refractivity contribution in [3.05, 3.63) is 155 Å². The van der Waals surface area contributed by atoms with Gasteiger partial charge >= 0.3 is 0 Å². The molecule has 0 atom stereocenters. The van der Waals surface area contributed by atoms with E-state index < -0.39 is 0 Å². The number of carbonyl (C=O) groups is 1. The molecule has 0 aliphatic rings. The molecular formula is C39H37N5O4. The number of rotatable bonds is 14. The van der Waals surface area contributed by atoms with E-state index in [-0.39, 0.29) is 5.78 Å². The van der Waals surface area contributed by atoms with Gasteiger partial charge in [0.2, 0.25) is 11.9 Å². The van der Waals surface area contributed by atoms with Gasteiger partial charge in [0, 0.05) is 29.9 Å². The highest BCUT2D eigenvalue weighted by Gasteiger charge is 2.20. The van der Waals surface area contributed by atoms with Crippen molar-refractivity contribution < 1.29 is 19.0 Å². The molecular weight excluding hydrogens is 602 g/mol. The third-order valence-corrected chi connectivity index (χ3v) is 7.91. The van der Waals surface area contributed by atoms with Gasteiger partial charge in [0.05, 0.1) is 27.9 Å². The first-order valence-corrected chi connectivity index (χ1v) is 15.6. The van der Waals surface area contributed by atoms with Crippen molar-refractivity contribution in [3.8, 4) is 17.2 Å². The van der Waals surface area contributed by atoms with Crippen LogP contribution in [0.4, 0.5) is 17.6 Å². The molecule has 6 aromatic rings. The number of aromatic nitrogens is 3. The molecule has 0 bridgehead atoms.